The maximum atomic E-state index is 13.6. The van der Waals surface area contributed by atoms with Gasteiger partial charge in [0.2, 0.25) is 5.91 Å². The van der Waals surface area contributed by atoms with Crippen molar-refractivity contribution in [2.75, 3.05) is 13.7 Å². The standard InChI is InChI=1S/C20H18F4N2O4/c1-29-17-10-13(3-5-15(17)21)30-16-8-11(20(22,23)24)2-4-14(16)19(28)26-12-6-7-25-18(27)9-12/h2-5,8,10,12H,6-7,9H2,1H3,(H,25,27)(H,26,28). The lowest BCUT2D eigenvalue weighted by atomic mass is 10.0. The van der Waals surface area contributed by atoms with Gasteiger partial charge in [-0.05, 0) is 36.8 Å². The Labute approximate surface area is 169 Å². The summed E-state index contributed by atoms with van der Waals surface area (Å²) in [7, 11) is 1.23. The first kappa shape index (κ1) is 21.4. The summed E-state index contributed by atoms with van der Waals surface area (Å²) in [5, 5.41) is 5.26. The Morgan fingerprint density at radius 2 is 1.93 bits per heavy atom. The number of benzene rings is 2. The number of hydrogen-bond donors (Lipinski definition) is 2. The van der Waals surface area contributed by atoms with Crippen molar-refractivity contribution in [1.29, 1.82) is 0 Å². The minimum atomic E-state index is -4.66. The largest absolute Gasteiger partial charge is 0.494 e. The molecule has 0 aliphatic carbocycles. The molecule has 1 saturated heterocycles. The SMILES string of the molecule is COc1cc(Oc2cc(C(F)(F)F)ccc2C(=O)NC2CCNC(=O)C2)ccc1F. The van der Waals surface area contributed by atoms with E-state index in [2.05, 4.69) is 10.6 Å². The molecule has 30 heavy (non-hydrogen) atoms. The highest BCUT2D eigenvalue weighted by atomic mass is 19.4. The van der Waals surface area contributed by atoms with Crippen LogP contribution < -0.4 is 20.1 Å². The average Bonchev–Trinajstić information content (AvgIpc) is 2.68. The zero-order valence-corrected chi connectivity index (χ0v) is 15.8. The monoisotopic (exact) mass is 426 g/mol. The predicted molar refractivity (Wildman–Crippen MR) is 98.0 cm³/mol. The van der Waals surface area contributed by atoms with Crippen LogP contribution in [0.4, 0.5) is 17.6 Å². The van der Waals surface area contributed by atoms with E-state index in [1.54, 1.807) is 0 Å². The van der Waals surface area contributed by atoms with Crippen LogP contribution in [-0.2, 0) is 11.0 Å². The first-order valence-electron chi connectivity index (χ1n) is 8.97. The second kappa shape index (κ2) is 8.60. The molecule has 1 heterocycles. The number of piperidine rings is 1. The lowest BCUT2D eigenvalue weighted by Gasteiger charge is -2.23. The van der Waals surface area contributed by atoms with Gasteiger partial charge >= 0.3 is 6.18 Å². The van der Waals surface area contributed by atoms with Crippen molar-refractivity contribution < 1.29 is 36.6 Å². The number of alkyl halides is 3. The summed E-state index contributed by atoms with van der Waals surface area (Å²) < 4.78 is 63.4. The summed E-state index contributed by atoms with van der Waals surface area (Å²) >= 11 is 0. The zero-order valence-electron chi connectivity index (χ0n) is 15.8. The van der Waals surface area contributed by atoms with Gasteiger partial charge in [0.25, 0.3) is 5.91 Å². The van der Waals surface area contributed by atoms with Crippen LogP contribution in [0.3, 0.4) is 0 Å². The summed E-state index contributed by atoms with van der Waals surface area (Å²) in [6.07, 6.45) is -4.10. The van der Waals surface area contributed by atoms with Crippen LogP contribution in [0.25, 0.3) is 0 Å². The van der Waals surface area contributed by atoms with Crippen LogP contribution in [0.15, 0.2) is 36.4 Å². The highest BCUT2D eigenvalue weighted by Gasteiger charge is 2.32. The Balaban J connectivity index is 1.92. The summed E-state index contributed by atoms with van der Waals surface area (Å²) in [4.78, 5) is 24.2. The third kappa shape index (κ3) is 5.00. The van der Waals surface area contributed by atoms with Crippen LogP contribution in [0.2, 0.25) is 0 Å². The number of rotatable bonds is 5. The number of carbonyl (C=O) groups excluding carboxylic acids is 2. The van der Waals surface area contributed by atoms with Gasteiger partial charge < -0.3 is 20.1 Å². The molecule has 1 atom stereocenters. The average molecular weight is 426 g/mol. The van der Waals surface area contributed by atoms with E-state index in [-0.39, 0.29) is 35.1 Å². The van der Waals surface area contributed by atoms with Crippen LogP contribution >= 0.6 is 0 Å². The lowest BCUT2D eigenvalue weighted by Crippen LogP contribution is -2.45. The van der Waals surface area contributed by atoms with Crippen molar-refractivity contribution >= 4 is 11.8 Å². The van der Waals surface area contributed by atoms with Gasteiger partial charge in [0.1, 0.15) is 11.5 Å². The van der Waals surface area contributed by atoms with Gasteiger partial charge in [-0.2, -0.15) is 13.2 Å². The number of amides is 2. The van der Waals surface area contributed by atoms with Crippen molar-refractivity contribution in [2.24, 2.45) is 0 Å². The third-order valence-electron chi connectivity index (χ3n) is 4.49. The Bertz CT molecular complexity index is 962. The summed E-state index contributed by atoms with van der Waals surface area (Å²) in [6.45, 7) is 0.384. The fourth-order valence-electron chi connectivity index (χ4n) is 2.97. The van der Waals surface area contributed by atoms with Gasteiger partial charge in [0.05, 0.1) is 18.2 Å². The first-order valence-corrected chi connectivity index (χ1v) is 8.97. The fourth-order valence-corrected chi connectivity index (χ4v) is 2.97. The van der Waals surface area contributed by atoms with Gasteiger partial charge in [0.15, 0.2) is 11.6 Å². The number of halogens is 4. The van der Waals surface area contributed by atoms with Crippen molar-refractivity contribution in [3.63, 3.8) is 0 Å². The molecule has 0 bridgehead atoms. The van der Waals surface area contributed by atoms with Crippen LogP contribution in [0.1, 0.15) is 28.8 Å². The van der Waals surface area contributed by atoms with Gasteiger partial charge in [-0.15, -0.1) is 0 Å². The molecule has 160 valence electrons. The number of carbonyl (C=O) groups is 2. The molecule has 1 aliphatic rings. The normalized spacial score (nSPS) is 16.6. The molecule has 0 saturated carbocycles. The van der Waals surface area contributed by atoms with E-state index in [1.807, 2.05) is 0 Å². The Hall–Kier alpha value is -3.30. The van der Waals surface area contributed by atoms with Crippen molar-refractivity contribution in [3.05, 3.63) is 53.3 Å². The number of methoxy groups -OCH3 is 1. The minimum absolute atomic E-state index is 0.0151. The van der Waals surface area contributed by atoms with E-state index in [9.17, 15) is 27.2 Å². The van der Waals surface area contributed by atoms with Crippen LogP contribution in [0.5, 0.6) is 17.2 Å². The molecule has 1 aliphatic heterocycles. The molecular formula is C20H18F4N2O4. The molecule has 1 unspecified atom stereocenters. The maximum absolute atomic E-state index is 13.6. The molecule has 10 heteroatoms. The number of nitrogens with one attached hydrogen (secondary N) is 2. The predicted octanol–water partition coefficient (Wildman–Crippen LogP) is 3.65. The summed E-state index contributed by atoms with van der Waals surface area (Å²) in [6, 6.07) is 5.39. The molecule has 2 aromatic carbocycles. The van der Waals surface area contributed by atoms with E-state index >= 15 is 0 Å². The Morgan fingerprint density at radius 3 is 2.60 bits per heavy atom. The van der Waals surface area contributed by atoms with Gasteiger partial charge in [-0.1, -0.05) is 0 Å². The lowest BCUT2D eigenvalue weighted by molar-refractivity contribution is -0.137. The van der Waals surface area contributed by atoms with Gasteiger partial charge in [0, 0.05) is 25.1 Å². The van der Waals surface area contributed by atoms with Gasteiger partial charge in [-0.3, -0.25) is 9.59 Å². The van der Waals surface area contributed by atoms with E-state index in [0.29, 0.717) is 19.0 Å². The second-order valence-electron chi connectivity index (χ2n) is 6.62. The molecule has 0 radical (unpaired) electrons. The first-order chi connectivity index (χ1) is 14.2. The van der Waals surface area contributed by atoms with Crippen molar-refractivity contribution in [3.8, 4) is 17.2 Å². The molecule has 2 N–H and O–H groups in total. The molecule has 1 fully saturated rings. The molecule has 2 aromatic rings. The highest BCUT2D eigenvalue weighted by Crippen LogP contribution is 2.36. The molecule has 3 rings (SSSR count). The van der Waals surface area contributed by atoms with Crippen LogP contribution in [0, 0.1) is 5.82 Å². The second-order valence-corrected chi connectivity index (χ2v) is 6.62. The quantitative estimate of drug-likeness (QED) is 0.716. The van der Waals surface area contributed by atoms with Crippen LogP contribution in [-0.4, -0.2) is 31.5 Å². The molecular weight excluding hydrogens is 408 g/mol. The highest BCUT2D eigenvalue weighted by molar-refractivity contribution is 5.97. The smallest absolute Gasteiger partial charge is 0.416 e. The number of hydrogen-bond acceptors (Lipinski definition) is 4. The molecule has 6 nitrogen and oxygen atoms in total. The van der Waals surface area contributed by atoms with E-state index in [1.165, 1.54) is 13.2 Å². The topological polar surface area (TPSA) is 76.7 Å². The van der Waals surface area contributed by atoms with Gasteiger partial charge in [-0.25, -0.2) is 4.39 Å². The van der Waals surface area contributed by atoms with E-state index < -0.39 is 29.5 Å². The summed E-state index contributed by atoms with van der Waals surface area (Å²) in [5.41, 5.74) is -1.17. The minimum Gasteiger partial charge on any atom is -0.494 e. The fraction of sp³-hybridized carbons (Fsp3) is 0.300. The Kier molecular flexibility index (Phi) is 6.14. The Morgan fingerprint density at radius 1 is 1.17 bits per heavy atom. The third-order valence-corrected chi connectivity index (χ3v) is 4.49. The van der Waals surface area contributed by atoms with Crippen molar-refractivity contribution in [1.82, 2.24) is 10.6 Å². The maximum Gasteiger partial charge on any atom is 0.416 e. The summed E-state index contributed by atoms with van der Waals surface area (Å²) in [5.74, 6) is -2.14. The van der Waals surface area contributed by atoms with E-state index in [4.69, 9.17) is 9.47 Å². The van der Waals surface area contributed by atoms with Crippen molar-refractivity contribution in [2.45, 2.75) is 25.1 Å². The molecule has 0 aromatic heterocycles. The zero-order chi connectivity index (χ0) is 21.9. The number of ether oxygens (including phenoxy) is 2. The molecule has 2 amide bonds. The molecule has 0 spiro atoms. The van der Waals surface area contributed by atoms with E-state index in [0.717, 1.165) is 24.3 Å².